The number of hydrazone groups is 1. The Morgan fingerprint density at radius 3 is 2.26 bits per heavy atom. The van der Waals surface area contributed by atoms with E-state index in [9.17, 15) is 13.2 Å². The molecule has 0 radical (unpaired) electrons. The predicted molar refractivity (Wildman–Crippen MR) is 171 cm³/mol. The lowest BCUT2D eigenvalue weighted by atomic mass is 10.2. The standard InChI is InChI=1S/C32H32BrN3O6S/c1-22-8-12-24(13-9-22)21-42-32-29(33)16-25(17-30(32)41-4)19-34-35-31(37)20-36(26-6-5-7-27(18-26)40-3)43(38,39)28-14-10-23(2)11-15-28/h5-19H,20-21H2,1-4H3,(H,35,37)/b34-19-. The van der Waals surface area contributed by atoms with Gasteiger partial charge >= 0.3 is 0 Å². The number of benzene rings is 4. The van der Waals surface area contributed by atoms with Crippen LogP contribution in [0.15, 0.2) is 99.4 Å². The molecule has 9 nitrogen and oxygen atoms in total. The highest BCUT2D eigenvalue weighted by Crippen LogP contribution is 2.37. The number of carbonyl (C=O) groups is 1. The van der Waals surface area contributed by atoms with Crippen LogP contribution in [0.2, 0.25) is 0 Å². The van der Waals surface area contributed by atoms with Crippen LogP contribution in [0.4, 0.5) is 5.69 Å². The maximum absolute atomic E-state index is 13.6. The molecule has 4 aromatic carbocycles. The summed E-state index contributed by atoms with van der Waals surface area (Å²) in [6.45, 7) is 3.73. The topological polar surface area (TPSA) is 107 Å². The highest BCUT2D eigenvalue weighted by molar-refractivity contribution is 9.10. The molecule has 0 aliphatic carbocycles. The van der Waals surface area contributed by atoms with Crippen LogP contribution in [0.3, 0.4) is 0 Å². The highest BCUT2D eigenvalue weighted by atomic mass is 79.9. The van der Waals surface area contributed by atoms with E-state index in [4.69, 9.17) is 14.2 Å². The molecule has 0 bridgehead atoms. The SMILES string of the molecule is COc1cccc(N(CC(=O)N/N=C\c2cc(Br)c(OCc3ccc(C)cc3)c(OC)c2)S(=O)(=O)c2ccc(C)cc2)c1. The number of methoxy groups -OCH3 is 2. The van der Waals surface area contributed by atoms with Gasteiger partial charge in [-0.15, -0.1) is 0 Å². The average Bonchev–Trinajstić information content (AvgIpc) is 3.00. The van der Waals surface area contributed by atoms with Crippen LogP contribution in [0.1, 0.15) is 22.3 Å². The van der Waals surface area contributed by atoms with Crippen LogP contribution in [0, 0.1) is 13.8 Å². The number of amides is 1. The van der Waals surface area contributed by atoms with Crippen LogP contribution >= 0.6 is 15.9 Å². The third-order valence-corrected chi connectivity index (χ3v) is 8.77. The van der Waals surface area contributed by atoms with Gasteiger partial charge in [0.2, 0.25) is 0 Å². The summed E-state index contributed by atoms with van der Waals surface area (Å²) in [5.41, 5.74) is 6.40. The number of halogens is 1. The Morgan fingerprint density at radius 1 is 0.930 bits per heavy atom. The van der Waals surface area contributed by atoms with Crippen LogP contribution < -0.4 is 23.9 Å². The van der Waals surface area contributed by atoms with E-state index in [1.54, 1.807) is 48.5 Å². The third kappa shape index (κ3) is 8.14. The Bertz CT molecular complexity index is 1710. The molecule has 0 fully saturated rings. The summed E-state index contributed by atoms with van der Waals surface area (Å²) < 4.78 is 45.7. The van der Waals surface area contributed by atoms with Crippen molar-refractivity contribution in [2.24, 2.45) is 5.10 Å². The molecule has 0 aliphatic heterocycles. The number of ether oxygens (including phenoxy) is 3. The van der Waals surface area contributed by atoms with E-state index < -0.39 is 22.5 Å². The summed E-state index contributed by atoms with van der Waals surface area (Å²) in [4.78, 5) is 13.0. The lowest BCUT2D eigenvalue weighted by Gasteiger charge is -2.24. The van der Waals surface area contributed by atoms with Gasteiger partial charge in [-0.2, -0.15) is 5.10 Å². The first kappa shape index (κ1) is 31.6. The first-order valence-electron chi connectivity index (χ1n) is 13.2. The number of anilines is 1. The normalized spacial score (nSPS) is 11.3. The molecule has 4 aromatic rings. The number of sulfonamides is 1. The van der Waals surface area contributed by atoms with Gasteiger partial charge in [-0.05, 0) is 77.3 Å². The van der Waals surface area contributed by atoms with Crippen molar-refractivity contribution in [2.45, 2.75) is 25.3 Å². The number of hydrogen-bond donors (Lipinski definition) is 1. The van der Waals surface area contributed by atoms with Crippen LogP contribution in [-0.2, 0) is 21.4 Å². The summed E-state index contributed by atoms with van der Waals surface area (Å²) in [5.74, 6) is 0.812. The molecule has 0 heterocycles. The molecule has 0 spiro atoms. The first-order valence-corrected chi connectivity index (χ1v) is 15.4. The summed E-state index contributed by atoms with van der Waals surface area (Å²) >= 11 is 3.53. The molecule has 1 N–H and O–H groups in total. The molecular formula is C32H32BrN3O6S. The second kappa shape index (κ2) is 14.2. The van der Waals surface area contributed by atoms with E-state index in [1.807, 2.05) is 38.1 Å². The van der Waals surface area contributed by atoms with Crippen molar-refractivity contribution in [3.63, 3.8) is 0 Å². The number of nitrogens with one attached hydrogen (secondary N) is 1. The maximum Gasteiger partial charge on any atom is 0.264 e. The molecule has 0 atom stereocenters. The fourth-order valence-electron chi connectivity index (χ4n) is 4.06. The number of aryl methyl sites for hydroxylation is 2. The molecule has 43 heavy (non-hydrogen) atoms. The zero-order chi connectivity index (χ0) is 31.0. The minimum atomic E-state index is -4.09. The molecular weight excluding hydrogens is 634 g/mol. The molecule has 4 rings (SSSR count). The Kier molecular flexibility index (Phi) is 10.4. The lowest BCUT2D eigenvalue weighted by molar-refractivity contribution is -0.119. The smallest absolute Gasteiger partial charge is 0.264 e. The molecule has 1 amide bonds. The van der Waals surface area contributed by atoms with Gasteiger partial charge in [-0.1, -0.05) is 53.6 Å². The molecule has 224 valence electrons. The molecule has 0 saturated heterocycles. The molecule has 11 heteroatoms. The molecule has 0 aliphatic rings. The average molecular weight is 667 g/mol. The van der Waals surface area contributed by atoms with Crippen LogP contribution in [-0.4, -0.2) is 41.3 Å². The zero-order valence-electron chi connectivity index (χ0n) is 24.2. The fourth-order valence-corrected chi connectivity index (χ4v) is 6.04. The van der Waals surface area contributed by atoms with Gasteiger partial charge in [0.05, 0.1) is 35.5 Å². The zero-order valence-corrected chi connectivity index (χ0v) is 26.6. The van der Waals surface area contributed by atoms with Gasteiger partial charge in [0.15, 0.2) is 11.5 Å². The number of nitrogens with zero attached hydrogens (tertiary/aromatic N) is 2. The highest BCUT2D eigenvalue weighted by Gasteiger charge is 2.27. The van der Waals surface area contributed by atoms with Gasteiger partial charge in [0.1, 0.15) is 18.9 Å². The summed E-state index contributed by atoms with van der Waals surface area (Å²) in [7, 11) is -1.07. The molecule has 0 aromatic heterocycles. The Hall–Kier alpha value is -4.35. The predicted octanol–water partition coefficient (Wildman–Crippen LogP) is 6.01. The van der Waals surface area contributed by atoms with Gasteiger partial charge in [0.25, 0.3) is 15.9 Å². The Labute approximate surface area is 260 Å². The van der Waals surface area contributed by atoms with Crippen molar-refractivity contribution < 1.29 is 27.4 Å². The third-order valence-electron chi connectivity index (χ3n) is 6.40. The van der Waals surface area contributed by atoms with Crippen molar-refractivity contribution in [1.82, 2.24) is 5.43 Å². The van der Waals surface area contributed by atoms with Crippen molar-refractivity contribution in [3.8, 4) is 17.2 Å². The van der Waals surface area contributed by atoms with Crippen LogP contribution in [0.25, 0.3) is 0 Å². The van der Waals surface area contributed by atoms with Crippen molar-refractivity contribution in [3.05, 3.63) is 112 Å². The largest absolute Gasteiger partial charge is 0.497 e. The van der Waals surface area contributed by atoms with Gasteiger partial charge in [-0.3, -0.25) is 9.10 Å². The summed E-state index contributed by atoms with van der Waals surface area (Å²) in [5, 5.41) is 4.05. The monoisotopic (exact) mass is 665 g/mol. The number of hydrogen-bond acceptors (Lipinski definition) is 7. The fraction of sp³-hybridized carbons (Fsp3) is 0.188. The van der Waals surface area contributed by atoms with E-state index in [0.29, 0.717) is 33.9 Å². The van der Waals surface area contributed by atoms with E-state index in [1.165, 1.54) is 38.1 Å². The first-order chi connectivity index (χ1) is 20.6. The maximum atomic E-state index is 13.6. The van der Waals surface area contributed by atoms with Crippen molar-refractivity contribution in [2.75, 3.05) is 25.1 Å². The second-order valence-corrected chi connectivity index (χ2v) is 12.3. The second-order valence-electron chi connectivity index (χ2n) is 9.63. The number of rotatable bonds is 12. The lowest BCUT2D eigenvalue weighted by Crippen LogP contribution is -2.39. The minimum Gasteiger partial charge on any atom is -0.497 e. The Balaban J connectivity index is 1.50. The van der Waals surface area contributed by atoms with Crippen LogP contribution in [0.5, 0.6) is 17.2 Å². The van der Waals surface area contributed by atoms with E-state index >= 15 is 0 Å². The Morgan fingerprint density at radius 2 is 1.60 bits per heavy atom. The summed E-state index contributed by atoms with van der Waals surface area (Å²) in [6, 6.07) is 24.4. The molecule has 0 saturated carbocycles. The van der Waals surface area contributed by atoms with E-state index in [0.717, 1.165) is 15.4 Å². The van der Waals surface area contributed by atoms with Gasteiger partial charge in [0, 0.05) is 6.07 Å². The minimum absolute atomic E-state index is 0.0545. The quantitative estimate of drug-likeness (QED) is 0.147. The van der Waals surface area contributed by atoms with E-state index in [2.05, 4.69) is 26.5 Å². The van der Waals surface area contributed by atoms with E-state index in [-0.39, 0.29) is 10.6 Å². The summed E-state index contributed by atoms with van der Waals surface area (Å²) in [6.07, 6.45) is 1.43. The molecule has 0 unspecified atom stereocenters. The van der Waals surface area contributed by atoms with Crippen molar-refractivity contribution in [1.29, 1.82) is 0 Å². The van der Waals surface area contributed by atoms with Crippen molar-refractivity contribution >= 4 is 43.8 Å². The van der Waals surface area contributed by atoms with Gasteiger partial charge in [-0.25, -0.2) is 13.8 Å². The number of carbonyl (C=O) groups excluding carboxylic acids is 1. The van der Waals surface area contributed by atoms with Gasteiger partial charge < -0.3 is 14.2 Å².